The van der Waals surface area contributed by atoms with E-state index in [1.165, 1.54) is 6.07 Å². The molecule has 0 spiro atoms. The highest BCUT2D eigenvalue weighted by molar-refractivity contribution is 9.10. The van der Waals surface area contributed by atoms with Crippen molar-refractivity contribution in [2.45, 2.75) is 25.2 Å². The maximum atomic E-state index is 12.0. The molecule has 1 aromatic rings. The summed E-state index contributed by atoms with van der Waals surface area (Å²) in [5.74, 6) is -0.228. The highest BCUT2D eigenvalue weighted by Gasteiger charge is 2.32. The van der Waals surface area contributed by atoms with Crippen molar-refractivity contribution in [2.24, 2.45) is 0 Å². The number of ether oxygens (including phenoxy) is 1. The summed E-state index contributed by atoms with van der Waals surface area (Å²) in [6, 6.07) is 4.91. The minimum atomic E-state index is -4.66. The SMILES string of the molecule is FC(F)(F)Oc1ccc(NC2CC2)cc1Br. The van der Waals surface area contributed by atoms with E-state index in [1.807, 2.05) is 0 Å². The van der Waals surface area contributed by atoms with Crippen LogP contribution in [0.15, 0.2) is 22.7 Å². The first-order valence-corrected chi connectivity index (χ1v) is 5.55. The molecule has 1 aliphatic carbocycles. The lowest BCUT2D eigenvalue weighted by Crippen LogP contribution is -2.17. The smallest absolute Gasteiger partial charge is 0.405 e. The fraction of sp³-hybridized carbons (Fsp3) is 0.400. The highest BCUT2D eigenvalue weighted by atomic mass is 79.9. The van der Waals surface area contributed by atoms with Crippen molar-refractivity contribution in [1.29, 1.82) is 0 Å². The van der Waals surface area contributed by atoms with Crippen molar-refractivity contribution >= 4 is 21.6 Å². The van der Waals surface area contributed by atoms with Gasteiger partial charge in [0.1, 0.15) is 5.75 Å². The van der Waals surface area contributed by atoms with E-state index in [4.69, 9.17) is 0 Å². The van der Waals surface area contributed by atoms with Gasteiger partial charge in [-0.05, 0) is 47.0 Å². The Balaban J connectivity index is 2.09. The van der Waals surface area contributed by atoms with Crippen LogP contribution in [0.3, 0.4) is 0 Å². The average molecular weight is 296 g/mol. The Morgan fingerprint density at radius 2 is 2.00 bits per heavy atom. The van der Waals surface area contributed by atoms with Gasteiger partial charge in [0, 0.05) is 11.7 Å². The summed E-state index contributed by atoms with van der Waals surface area (Å²) < 4.78 is 40.1. The predicted octanol–water partition coefficient (Wildman–Crippen LogP) is 3.92. The molecule has 1 N–H and O–H groups in total. The molecule has 88 valence electrons. The van der Waals surface area contributed by atoms with E-state index in [0.717, 1.165) is 18.5 Å². The number of rotatable bonds is 3. The lowest BCUT2D eigenvalue weighted by Gasteiger charge is -2.12. The van der Waals surface area contributed by atoms with Gasteiger partial charge in [-0.2, -0.15) is 0 Å². The number of anilines is 1. The van der Waals surface area contributed by atoms with Crippen LogP contribution in [0.25, 0.3) is 0 Å². The molecular formula is C10H9BrF3NO. The van der Waals surface area contributed by atoms with Crippen molar-refractivity contribution in [3.05, 3.63) is 22.7 Å². The molecule has 0 aromatic heterocycles. The topological polar surface area (TPSA) is 21.3 Å². The molecule has 0 aliphatic heterocycles. The van der Waals surface area contributed by atoms with Gasteiger partial charge in [0.25, 0.3) is 0 Å². The molecule has 0 unspecified atom stereocenters. The standard InChI is InChI=1S/C10H9BrF3NO/c11-8-5-7(15-6-1-2-6)3-4-9(8)16-10(12,13)14/h3-6,15H,1-2H2. The largest absolute Gasteiger partial charge is 0.573 e. The third kappa shape index (κ3) is 3.30. The summed E-state index contributed by atoms with van der Waals surface area (Å²) in [6.07, 6.45) is -2.44. The first-order valence-electron chi connectivity index (χ1n) is 4.76. The molecule has 1 fully saturated rings. The lowest BCUT2D eigenvalue weighted by atomic mass is 10.3. The minimum Gasteiger partial charge on any atom is -0.405 e. The molecule has 1 aromatic carbocycles. The number of hydrogen-bond acceptors (Lipinski definition) is 2. The number of hydrogen-bond donors (Lipinski definition) is 1. The summed E-state index contributed by atoms with van der Waals surface area (Å²) >= 11 is 3.05. The van der Waals surface area contributed by atoms with Crippen LogP contribution in [0.1, 0.15) is 12.8 Å². The zero-order chi connectivity index (χ0) is 11.8. The maximum absolute atomic E-state index is 12.0. The molecule has 2 rings (SSSR count). The van der Waals surface area contributed by atoms with Gasteiger partial charge >= 0.3 is 6.36 Å². The van der Waals surface area contributed by atoms with E-state index in [9.17, 15) is 13.2 Å². The van der Waals surface area contributed by atoms with Crippen molar-refractivity contribution in [1.82, 2.24) is 0 Å². The Bertz CT molecular complexity index is 390. The second-order valence-corrected chi connectivity index (χ2v) is 4.47. The molecule has 1 aliphatic rings. The minimum absolute atomic E-state index is 0.228. The molecule has 16 heavy (non-hydrogen) atoms. The normalized spacial score (nSPS) is 16.0. The van der Waals surface area contributed by atoms with E-state index < -0.39 is 6.36 Å². The van der Waals surface area contributed by atoms with E-state index in [0.29, 0.717) is 6.04 Å². The number of halogens is 4. The van der Waals surface area contributed by atoms with Gasteiger partial charge in [0.05, 0.1) is 4.47 Å². The van der Waals surface area contributed by atoms with E-state index in [2.05, 4.69) is 26.0 Å². The zero-order valence-corrected chi connectivity index (χ0v) is 9.73. The number of benzene rings is 1. The van der Waals surface area contributed by atoms with Crippen LogP contribution < -0.4 is 10.1 Å². The van der Waals surface area contributed by atoms with Gasteiger partial charge in [0.2, 0.25) is 0 Å². The van der Waals surface area contributed by atoms with Crippen LogP contribution >= 0.6 is 15.9 Å². The Morgan fingerprint density at radius 3 is 2.50 bits per heavy atom. The van der Waals surface area contributed by atoms with Gasteiger partial charge in [-0.3, -0.25) is 0 Å². The molecule has 0 atom stereocenters. The molecule has 2 nitrogen and oxygen atoms in total. The molecule has 0 saturated heterocycles. The average Bonchev–Trinajstić information content (AvgIpc) is 2.92. The molecule has 0 radical (unpaired) electrons. The Hall–Kier alpha value is -0.910. The molecular weight excluding hydrogens is 287 g/mol. The molecule has 0 bridgehead atoms. The molecule has 0 amide bonds. The fourth-order valence-corrected chi connectivity index (χ4v) is 1.72. The second kappa shape index (κ2) is 4.16. The Labute approximate surface area is 98.9 Å². The van der Waals surface area contributed by atoms with Gasteiger partial charge in [-0.1, -0.05) is 0 Å². The first kappa shape index (κ1) is 11.6. The second-order valence-electron chi connectivity index (χ2n) is 3.61. The van der Waals surface area contributed by atoms with E-state index >= 15 is 0 Å². The number of nitrogens with one attached hydrogen (secondary N) is 1. The third-order valence-electron chi connectivity index (χ3n) is 2.11. The van der Waals surface area contributed by atoms with Gasteiger partial charge in [-0.15, -0.1) is 13.2 Å². The van der Waals surface area contributed by atoms with Crippen molar-refractivity contribution in [3.8, 4) is 5.75 Å². The fourth-order valence-electron chi connectivity index (χ4n) is 1.26. The van der Waals surface area contributed by atoms with Crippen LogP contribution in [0.4, 0.5) is 18.9 Å². The van der Waals surface area contributed by atoms with Crippen LogP contribution in [0.5, 0.6) is 5.75 Å². The quantitative estimate of drug-likeness (QED) is 0.912. The summed E-state index contributed by atoms with van der Waals surface area (Å²) in [6.45, 7) is 0. The monoisotopic (exact) mass is 295 g/mol. The lowest BCUT2D eigenvalue weighted by molar-refractivity contribution is -0.274. The van der Waals surface area contributed by atoms with Gasteiger partial charge in [-0.25, -0.2) is 0 Å². The van der Waals surface area contributed by atoms with Gasteiger partial charge < -0.3 is 10.1 Å². The van der Waals surface area contributed by atoms with Crippen molar-refractivity contribution in [3.63, 3.8) is 0 Å². The van der Waals surface area contributed by atoms with Crippen LogP contribution in [0.2, 0.25) is 0 Å². The summed E-state index contributed by atoms with van der Waals surface area (Å²) in [7, 11) is 0. The first-order chi connectivity index (χ1) is 7.44. The summed E-state index contributed by atoms with van der Waals surface area (Å²) in [4.78, 5) is 0. The molecule has 6 heteroatoms. The van der Waals surface area contributed by atoms with E-state index in [-0.39, 0.29) is 10.2 Å². The predicted molar refractivity (Wildman–Crippen MR) is 57.5 cm³/mol. The number of alkyl halides is 3. The van der Waals surface area contributed by atoms with Crippen LogP contribution in [-0.4, -0.2) is 12.4 Å². The third-order valence-corrected chi connectivity index (χ3v) is 2.73. The zero-order valence-electron chi connectivity index (χ0n) is 8.14. The Morgan fingerprint density at radius 1 is 1.31 bits per heavy atom. The van der Waals surface area contributed by atoms with Crippen LogP contribution in [0, 0.1) is 0 Å². The van der Waals surface area contributed by atoms with Crippen molar-refractivity contribution in [2.75, 3.05) is 5.32 Å². The van der Waals surface area contributed by atoms with Crippen LogP contribution in [-0.2, 0) is 0 Å². The summed E-state index contributed by atoms with van der Waals surface area (Å²) in [5.41, 5.74) is 0.795. The molecule has 0 heterocycles. The molecule has 1 saturated carbocycles. The maximum Gasteiger partial charge on any atom is 0.573 e. The summed E-state index contributed by atoms with van der Waals surface area (Å²) in [5, 5.41) is 3.18. The highest BCUT2D eigenvalue weighted by Crippen LogP contribution is 2.34. The van der Waals surface area contributed by atoms with Crippen molar-refractivity contribution < 1.29 is 17.9 Å². The van der Waals surface area contributed by atoms with Gasteiger partial charge in [0.15, 0.2) is 0 Å². The Kier molecular flexibility index (Phi) is 3.01. The van der Waals surface area contributed by atoms with E-state index in [1.54, 1.807) is 12.1 Å².